The summed E-state index contributed by atoms with van der Waals surface area (Å²) in [6, 6.07) is 3.71. The van der Waals surface area contributed by atoms with Gasteiger partial charge in [0.1, 0.15) is 5.65 Å². The Morgan fingerprint density at radius 2 is 2.29 bits per heavy atom. The van der Waals surface area contributed by atoms with E-state index in [0.29, 0.717) is 6.54 Å². The van der Waals surface area contributed by atoms with Gasteiger partial charge in [-0.05, 0) is 17.7 Å². The fourth-order valence-corrected chi connectivity index (χ4v) is 3.54. The van der Waals surface area contributed by atoms with E-state index in [1.165, 1.54) is 0 Å². The van der Waals surface area contributed by atoms with Gasteiger partial charge in [0.25, 0.3) is 0 Å². The average Bonchev–Trinajstić information content (AvgIpc) is 2.93. The summed E-state index contributed by atoms with van der Waals surface area (Å²) in [5, 5.41) is 0.923. The number of rotatable bonds is 4. The molecule has 2 aromatic rings. The molecule has 1 N–H and O–H groups in total. The Morgan fingerprint density at radius 1 is 1.48 bits per heavy atom. The number of fused-ring (bicyclic) bond motifs is 1. The predicted octanol–water partition coefficient (Wildman–Crippen LogP) is 1.21. The van der Waals surface area contributed by atoms with Crippen molar-refractivity contribution >= 4 is 27.2 Å². The van der Waals surface area contributed by atoms with Crippen LogP contribution < -0.4 is 0 Å². The highest BCUT2D eigenvalue weighted by molar-refractivity contribution is 7.86. The van der Waals surface area contributed by atoms with Gasteiger partial charge in [0.2, 0.25) is 5.91 Å². The van der Waals surface area contributed by atoms with Crippen LogP contribution in [-0.4, -0.2) is 41.5 Å². The topological polar surface area (TPSA) is 83.1 Å². The molecule has 1 aliphatic rings. The largest absolute Gasteiger partial charge is 0.346 e. The van der Waals surface area contributed by atoms with Crippen LogP contribution in [0.5, 0.6) is 0 Å². The number of nitrogens with zero attached hydrogens (tertiary/aromatic N) is 2. The maximum Gasteiger partial charge on any atom is 0.302 e. The Balaban J connectivity index is 1.75. The quantitative estimate of drug-likeness (QED) is 0.860. The summed E-state index contributed by atoms with van der Waals surface area (Å²) in [5.74, 6) is -1.22. The van der Waals surface area contributed by atoms with E-state index in [4.69, 9.17) is 0 Å². The Morgan fingerprint density at radius 3 is 3.05 bits per heavy atom. The number of aromatic amines is 1. The molecule has 1 unspecified atom stereocenters. The molecule has 0 radical (unpaired) electrons. The monoisotopic (exact) mass is 311 g/mol. The van der Waals surface area contributed by atoms with Gasteiger partial charge in [-0.3, -0.25) is 4.79 Å². The molecule has 0 aliphatic carbocycles. The van der Waals surface area contributed by atoms with Crippen molar-refractivity contribution in [2.45, 2.75) is 13.0 Å². The molecule has 1 fully saturated rings. The van der Waals surface area contributed by atoms with E-state index < -0.39 is 21.9 Å². The maximum atomic E-state index is 12.7. The minimum atomic E-state index is -4.55. The minimum absolute atomic E-state index is 0.0732. The number of nitrogens with one attached hydrogen (secondary N) is 1. The highest BCUT2D eigenvalue weighted by Crippen LogP contribution is 2.24. The molecule has 0 spiro atoms. The number of amides is 1. The second-order valence-electron chi connectivity index (χ2n) is 5.26. The number of carbonyl (C=O) groups excluding carboxylic acids is 1. The van der Waals surface area contributed by atoms with Crippen molar-refractivity contribution in [3.8, 4) is 0 Å². The summed E-state index contributed by atoms with van der Waals surface area (Å²) < 4.78 is 34.1. The van der Waals surface area contributed by atoms with E-state index in [0.717, 1.165) is 16.6 Å². The van der Waals surface area contributed by atoms with E-state index in [1.54, 1.807) is 17.3 Å². The van der Waals surface area contributed by atoms with Crippen LogP contribution in [-0.2, 0) is 21.6 Å². The molecule has 0 bridgehead atoms. The van der Waals surface area contributed by atoms with E-state index in [2.05, 4.69) is 9.97 Å². The van der Waals surface area contributed by atoms with Gasteiger partial charge in [-0.2, -0.15) is 8.42 Å². The van der Waals surface area contributed by atoms with Crippen LogP contribution in [0.4, 0.5) is 3.89 Å². The molecule has 1 atom stereocenters. The van der Waals surface area contributed by atoms with Crippen molar-refractivity contribution in [3.05, 3.63) is 30.1 Å². The lowest BCUT2D eigenvalue weighted by Crippen LogP contribution is -2.25. The van der Waals surface area contributed by atoms with Gasteiger partial charge in [0, 0.05) is 43.2 Å². The third-order valence-electron chi connectivity index (χ3n) is 3.63. The van der Waals surface area contributed by atoms with Crippen molar-refractivity contribution in [1.82, 2.24) is 14.9 Å². The van der Waals surface area contributed by atoms with Crippen LogP contribution in [0.3, 0.4) is 0 Å². The predicted molar refractivity (Wildman–Crippen MR) is 74.5 cm³/mol. The number of carbonyl (C=O) groups is 1. The summed E-state index contributed by atoms with van der Waals surface area (Å²) in [7, 11) is -4.55. The van der Waals surface area contributed by atoms with Crippen molar-refractivity contribution < 1.29 is 17.1 Å². The summed E-state index contributed by atoms with van der Waals surface area (Å²) >= 11 is 0. The third-order valence-corrected chi connectivity index (χ3v) is 4.50. The van der Waals surface area contributed by atoms with Crippen LogP contribution in [0.15, 0.2) is 24.5 Å². The normalized spacial score (nSPS) is 19.6. The van der Waals surface area contributed by atoms with E-state index in [9.17, 15) is 17.1 Å². The minimum Gasteiger partial charge on any atom is -0.346 e. The van der Waals surface area contributed by atoms with Gasteiger partial charge in [-0.25, -0.2) is 4.98 Å². The number of hydrogen-bond acceptors (Lipinski definition) is 4. The SMILES string of the molecule is O=C1CC(CS(=O)(=O)F)CN1Cc1c[nH]c2ncccc12. The molecule has 112 valence electrons. The number of aromatic nitrogens is 2. The zero-order valence-corrected chi connectivity index (χ0v) is 11.9. The number of halogens is 1. The Labute approximate surface area is 121 Å². The summed E-state index contributed by atoms with van der Waals surface area (Å²) in [6.07, 6.45) is 3.53. The zero-order valence-electron chi connectivity index (χ0n) is 11.1. The lowest BCUT2D eigenvalue weighted by molar-refractivity contribution is -0.128. The van der Waals surface area contributed by atoms with E-state index in [1.807, 2.05) is 12.1 Å². The number of H-pyrrole nitrogens is 1. The Bertz CT molecular complexity index is 787. The smallest absolute Gasteiger partial charge is 0.302 e. The van der Waals surface area contributed by atoms with Crippen LogP contribution in [0.2, 0.25) is 0 Å². The lowest BCUT2D eigenvalue weighted by Gasteiger charge is -2.15. The van der Waals surface area contributed by atoms with Gasteiger partial charge >= 0.3 is 10.2 Å². The second kappa shape index (κ2) is 5.10. The van der Waals surface area contributed by atoms with Crippen molar-refractivity contribution in [3.63, 3.8) is 0 Å². The molecule has 3 heterocycles. The molecule has 2 aromatic heterocycles. The van der Waals surface area contributed by atoms with Crippen LogP contribution in [0, 0.1) is 5.92 Å². The molecule has 1 amide bonds. The fourth-order valence-electron chi connectivity index (χ4n) is 2.75. The average molecular weight is 311 g/mol. The zero-order chi connectivity index (χ0) is 15.0. The molecule has 21 heavy (non-hydrogen) atoms. The molecule has 1 saturated heterocycles. The first-order chi connectivity index (χ1) is 9.92. The van der Waals surface area contributed by atoms with Gasteiger partial charge in [0.05, 0.1) is 5.75 Å². The number of hydrogen-bond donors (Lipinski definition) is 1. The van der Waals surface area contributed by atoms with Crippen molar-refractivity contribution in [2.75, 3.05) is 12.3 Å². The molecular weight excluding hydrogens is 297 g/mol. The van der Waals surface area contributed by atoms with E-state index >= 15 is 0 Å². The molecule has 1 aliphatic heterocycles. The standard InChI is InChI=1S/C13H14FN3O3S/c14-21(19,20)8-9-4-12(18)17(6-9)7-10-5-16-13-11(10)2-1-3-15-13/h1-3,5,9H,4,6-8H2,(H,15,16). The van der Waals surface area contributed by atoms with Crippen LogP contribution >= 0.6 is 0 Å². The molecular formula is C13H14FN3O3S. The summed E-state index contributed by atoms with van der Waals surface area (Å²) in [6.45, 7) is 0.627. The first kappa shape index (κ1) is 14.0. The number of likely N-dealkylation sites (tertiary alicyclic amines) is 1. The van der Waals surface area contributed by atoms with Crippen molar-refractivity contribution in [2.24, 2.45) is 5.92 Å². The van der Waals surface area contributed by atoms with Gasteiger partial charge in [-0.1, -0.05) is 0 Å². The lowest BCUT2D eigenvalue weighted by atomic mass is 10.1. The fraction of sp³-hybridized carbons (Fsp3) is 0.385. The third kappa shape index (κ3) is 3.05. The molecule has 6 nitrogen and oxygen atoms in total. The second-order valence-corrected chi connectivity index (χ2v) is 6.67. The Hall–Kier alpha value is -1.96. The van der Waals surface area contributed by atoms with Gasteiger partial charge < -0.3 is 9.88 Å². The van der Waals surface area contributed by atoms with Gasteiger partial charge in [-0.15, -0.1) is 3.89 Å². The highest BCUT2D eigenvalue weighted by Gasteiger charge is 2.33. The van der Waals surface area contributed by atoms with Gasteiger partial charge in [0.15, 0.2) is 0 Å². The summed E-state index contributed by atoms with van der Waals surface area (Å²) in [5.41, 5.74) is 1.65. The molecule has 8 heteroatoms. The van der Waals surface area contributed by atoms with Crippen molar-refractivity contribution in [1.29, 1.82) is 0 Å². The highest BCUT2D eigenvalue weighted by atomic mass is 32.3. The molecule has 0 aromatic carbocycles. The van der Waals surface area contributed by atoms with Crippen LogP contribution in [0.25, 0.3) is 11.0 Å². The van der Waals surface area contributed by atoms with Crippen LogP contribution in [0.1, 0.15) is 12.0 Å². The molecule has 3 rings (SSSR count). The maximum absolute atomic E-state index is 12.7. The summed E-state index contributed by atoms with van der Waals surface area (Å²) in [4.78, 5) is 20.7. The first-order valence-electron chi connectivity index (χ1n) is 6.53. The molecule has 0 saturated carbocycles. The van der Waals surface area contributed by atoms with E-state index in [-0.39, 0.29) is 18.9 Å². The first-order valence-corrected chi connectivity index (χ1v) is 8.09. The number of pyridine rings is 1. The Kier molecular flexibility index (Phi) is 3.40.